The fraction of sp³-hybridized carbons (Fsp3) is 0.667. The smallest absolute Gasteiger partial charge is 0.246 e. The molecule has 1 fully saturated rings. The van der Waals surface area contributed by atoms with Crippen LogP contribution in [0.2, 0.25) is 0 Å². The van der Waals surface area contributed by atoms with Crippen molar-refractivity contribution in [3.05, 3.63) is 12.7 Å². The second-order valence-electron chi connectivity index (χ2n) is 4.44. The van der Waals surface area contributed by atoms with Crippen molar-refractivity contribution in [2.45, 2.75) is 39.3 Å². The summed E-state index contributed by atoms with van der Waals surface area (Å²) >= 11 is 0. The van der Waals surface area contributed by atoms with Crippen molar-refractivity contribution in [2.24, 2.45) is 5.92 Å². The Hall–Kier alpha value is -1.32. The van der Waals surface area contributed by atoms with Crippen LogP contribution in [0.15, 0.2) is 12.7 Å². The molecule has 0 radical (unpaired) electrons. The lowest BCUT2D eigenvalue weighted by atomic mass is 9.96. The molecular weight excluding hydrogens is 204 g/mol. The van der Waals surface area contributed by atoms with Crippen molar-refractivity contribution in [3.8, 4) is 0 Å². The Kier molecular flexibility index (Phi) is 4.10. The molecule has 0 aromatic rings. The van der Waals surface area contributed by atoms with E-state index in [-0.39, 0.29) is 29.8 Å². The Balaban J connectivity index is 2.96. The highest BCUT2D eigenvalue weighted by atomic mass is 16.2. The van der Waals surface area contributed by atoms with Crippen LogP contribution >= 0.6 is 0 Å². The highest BCUT2D eigenvalue weighted by molar-refractivity contribution is 5.97. The largest absolute Gasteiger partial charge is 0.343 e. The van der Waals surface area contributed by atoms with Gasteiger partial charge in [0.1, 0.15) is 12.1 Å². The van der Waals surface area contributed by atoms with Crippen LogP contribution in [0.3, 0.4) is 0 Å². The minimum Gasteiger partial charge on any atom is -0.343 e. The normalized spacial score (nSPS) is 25.9. The van der Waals surface area contributed by atoms with Crippen molar-refractivity contribution < 1.29 is 9.59 Å². The van der Waals surface area contributed by atoms with Gasteiger partial charge in [-0.05, 0) is 12.3 Å². The first-order valence-electron chi connectivity index (χ1n) is 5.74. The number of nitrogens with zero attached hydrogens (tertiary/aromatic N) is 1. The highest BCUT2D eigenvalue weighted by Crippen LogP contribution is 2.18. The van der Waals surface area contributed by atoms with Gasteiger partial charge in [-0.1, -0.05) is 26.8 Å². The van der Waals surface area contributed by atoms with E-state index in [1.165, 1.54) is 0 Å². The Morgan fingerprint density at radius 2 is 2.12 bits per heavy atom. The predicted octanol–water partition coefficient (Wildman–Crippen LogP) is 0.934. The fourth-order valence-electron chi connectivity index (χ4n) is 2.08. The fourth-order valence-corrected chi connectivity index (χ4v) is 2.08. The van der Waals surface area contributed by atoms with Crippen molar-refractivity contribution in [1.82, 2.24) is 10.2 Å². The van der Waals surface area contributed by atoms with Crippen LogP contribution < -0.4 is 5.32 Å². The van der Waals surface area contributed by atoms with Crippen LogP contribution in [0.4, 0.5) is 0 Å². The Bertz CT molecular complexity index is 299. The molecule has 2 atom stereocenters. The van der Waals surface area contributed by atoms with E-state index >= 15 is 0 Å². The lowest BCUT2D eigenvalue weighted by Gasteiger charge is -2.40. The number of rotatable bonds is 4. The first-order chi connectivity index (χ1) is 7.52. The maximum atomic E-state index is 12.1. The van der Waals surface area contributed by atoms with E-state index in [1.807, 2.05) is 20.8 Å². The zero-order valence-corrected chi connectivity index (χ0v) is 10.2. The summed E-state index contributed by atoms with van der Waals surface area (Å²) in [4.78, 5) is 25.6. The molecule has 1 rings (SSSR count). The van der Waals surface area contributed by atoms with E-state index in [2.05, 4.69) is 11.9 Å². The zero-order valence-electron chi connectivity index (χ0n) is 10.2. The first kappa shape index (κ1) is 12.7. The van der Waals surface area contributed by atoms with Crippen molar-refractivity contribution >= 4 is 11.8 Å². The minimum atomic E-state index is -0.373. The Labute approximate surface area is 96.7 Å². The zero-order chi connectivity index (χ0) is 12.3. The molecule has 1 aliphatic rings. The van der Waals surface area contributed by atoms with E-state index < -0.39 is 0 Å². The van der Waals surface area contributed by atoms with E-state index in [4.69, 9.17) is 0 Å². The van der Waals surface area contributed by atoms with Crippen molar-refractivity contribution in [2.75, 3.05) is 6.54 Å². The summed E-state index contributed by atoms with van der Waals surface area (Å²) in [5.74, 6) is 0.0608. The minimum absolute atomic E-state index is 0.000648. The predicted molar refractivity (Wildman–Crippen MR) is 62.8 cm³/mol. The second-order valence-corrected chi connectivity index (χ2v) is 4.44. The average molecular weight is 224 g/mol. The number of hydrogen-bond acceptors (Lipinski definition) is 2. The number of nitrogens with one attached hydrogen (secondary N) is 1. The molecule has 4 nitrogen and oxygen atoms in total. The van der Waals surface area contributed by atoms with Gasteiger partial charge in [-0.25, -0.2) is 0 Å². The topological polar surface area (TPSA) is 49.4 Å². The van der Waals surface area contributed by atoms with Gasteiger partial charge in [0.2, 0.25) is 11.8 Å². The molecule has 0 aliphatic carbocycles. The van der Waals surface area contributed by atoms with Crippen LogP contribution in [0, 0.1) is 5.92 Å². The molecule has 1 N–H and O–H groups in total. The number of piperazine rings is 1. The van der Waals surface area contributed by atoms with Gasteiger partial charge in [-0.3, -0.25) is 9.59 Å². The highest BCUT2D eigenvalue weighted by Gasteiger charge is 2.40. The van der Waals surface area contributed by atoms with Crippen molar-refractivity contribution in [3.63, 3.8) is 0 Å². The summed E-state index contributed by atoms with van der Waals surface area (Å²) in [6.45, 7) is 9.85. The van der Waals surface area contributed by atoms with E-state index in [1.54, 1.807) is 11.0 Å². The van der Waals surface area contributed by atoms with Crippen LogP contribution in [-0.2, 0) is 9.59 Å². The number of hydrogen-bond donors (Lipinski definition) is 1. The van der Waals surface area contributed by atoms with Crippen molar-refractivity contribution in [1.29, 1.82) is 0 Å². The SMILES string of the molecule is C=CCN1C(=O)C(CC)NC(=O)C1C(C)C. The molecule has 1 aliphatic heterocycles. The monoisotopic (exact) mass is 224 g/mol. The molecule has 0 spiro atoms. The summed E-state index contributed by atoms with van der Waals surface area (Å²) in [5.41, 5.74) is 0. The standard InChI is InChI=1S/C12H20N2O2/c1-5-7-14-10(8(3)4)11(15)13-9(6-2)12(14)16/h5,8-10H,1,6-7H2,2-4H3,(H,13,15). The van der Waals surface area contributed by atoms with E-state index in [9.17, 15) is 9.59 Å². The van der Waals surface area contributed by atoms with Gasteiger partial charge in [-0.15, -0.1) is 6.58 Å². The van der Waals surface area contributed by atoms with Crippen LogP contribution in [0.5, 0.6) is 0 Å². The Morgan fingerprint density at radius 3 is 2.56 bits per heavy atom. The van der Waals surface area contributed by atoms with Crippen LogP contribution in [0.1, 0.15) is 27.2 Å². The third-order valence-electron chi connectivity index (χ3n) is 2.87. The second kappa shape index (κ2) is 5.14. The molecule has 90 valence electrons. The molecule has 1 saturated heterocycles. The third kappa shape index (κ3) is 2.26. The van der Waals surface area contributed by atoms with E-state index in [0.29, 0.717) is 13.0 Å². The summed E-state index contributed by atoms with van der Waals surface area (Å²) < 4.78 is 0. The van der Waals surface area contributed by atoms with Gasteiger partial charge in [0, 0.05) is 6.54 Å². The number of carbonyl (C=O) groups excluding carboxylic acids is 2. The van der Waals surface area contributed by atoms with E-state index in [0.717, 1.165) is 0 Å². The molecular formula is C12H20N2O2. The quantitative estimate of drug-likeness (QED) is 0.722. The van der Waals surface area contributed by atoms with Gasteiger partial charge < -0.3 is 10.2 Å². The molecule has 1 heterocycles. The summed E-state index contributed by atoms with van der Waals surface area (Å²) in [7, 11) is 0. The lowest BCUT2D eigenvalue weighted by Crippen LogP contribution is -2.64. The molecule has 2 amide bonds. The number of carbonyl (C=O) groups is 2. The molecule has 0 bridgehead atoms. The van der Waals surface area contributed by atoms with Crippen LogP contribution in [-0.4, -0.2) is 35.3 Å². The maximum absolute atomic E-state index is 12.1. The first-order valence-corrected chi connectivity index (χ1v) is 5.74. The molecule has 4 heteroatoms. The average Bonchev–Trinajstić information content (AvgIpc) is 2.22. The van der Waals surface area contributed by atoms with Gasteiger partial charge in [0.05, 0.1) is 0 Å². The summed E-state index contributed by atoms with van der Waals surface area (Å²) in [6.07, 6.45) is 2.29. The molecule has 0 aromatic heterocycles. The maximum Gasteiger partial charge on any atom is 0.246 e. The number of amides is 2. The molecule has 2 unspecified atom stereocenters. The van der Waals surface area contributed by atoms with Gasteiger partial charge in [0.25, 0.3) is 0 Å². The molecule has 0 aromatic carbocycles. The molecule has 16 heavy (non-hydrogen) atoms. The lowest BCUT2D eigenvalue weighted by molar-refractivity contribution is -0.150. The Morgan fingerprint density at radius 1 is 1.50 bits per heavy atom. The molecule has 0 saturated carbocycles. The summed E-state index contributed by atoms with van der Waals surface area (Å²) in [6, 6.07) is -0.740. The van der Waals surface area contributed by atoms with Crippen LogP contribution in [0.25, 0.3) is 0 Å². The summed E-state index contributed by atoms with van der Waals surface area (Å²) in [5, 5.41) is 2.77. The third-order valence-corrected chi connectivity index (χ3v) is 2.87. The van der Waals surface area contributed by atoms with Gasteiger partial charge in [-0.2, -0.15) is 0 Å². The van der Waals surface area contributed by atoms with Gasteiger partial charge >= 0.3 is 0 Å². The van der Waals surface area contributed by atoms with Gasteiger partial charge in [0.15, 0.2) is 0 Å².